The Labute approximate surface area is 71.2 Å². The minimum Gasteiger partial charge on any atom is -0.381 e. The number of halogens is 1. The van der Waals surface area contributed by atoms with Gasteiger partial charge in [-0.15, -0.1) is 0 Å². The van der Waals surface area contributed by atoms with Crippen molar-refractivity contribution in [2.24, 2.45) is 5.92 Å². The second kappa shape index (κ2) is 4.52. The third-order valence-corrected chi connectivity index (χ3v) is 1.89. The molecule has 0 saturated carbocycles. The van der Waals surface area contributed by atoms with Gasteiger partial charge in [0, 0.05) is 13.2 Å². The van der Waals surface area contributed by atoms with Crippen LogP contribution in [-0.4, -0.2) is 18.5 Å². The van der Waals surface area contributed by atoms with Crippen molar-refractivity contribution in [2.75, 3.05) is 13.2 Å². The Balaban J connectivity index is 2.29. The molecule has 1 aliphatic heterocycles. The first-order valence-corrected chi connectivity index (χ1v) is 4.12. The molecule has 2 nitrogen and oxygen atoms in total. The molecule has 1 heterocycles. The van der Waals surface area contributed by atoms with E-state index in [4.69, 9.17) is 16.3 Å². The molecule has 1 aliphatic rings. The van der Waals surface area contributed by atoms with Crippen molar-refractivity contribution in [1.82, 2.24) is 0 Å². The average Bonchev–Trinajstić information content (AvgIpc) is 2.03. The molecule has 0 aromatic carbocycles. The molecule has 0 atom stereocenters. The van der Waals surface area contributed by atoms with Gasteiger partial charge in [-0.2, -0.15) is 0 Å². The number of rotatable bonds is 2. The van der Waals surface area contributed by atoms with Crippen molar-refractivity contribution in [1.29, 1.82) is 0 Å². The molecule has 1 fully saturated rings. The zero-order chi connectivity index (χ0) is 8.10. The Hall–Kier alpha value is -0.340. The highest BCUT2D eigenvalue weighted by molar-refractivity contribution is 6.66. The van der Waals surface area contributed by atoms with Gasteiger partial charge in [0.25, 0.3) is 0 Å². The van der Waals surface area contributed by atoms with Gasteiger partial charge in [0.1, 0.15) is 0 Å². The standard InChI is InChI=1S/C8H11ClO2/c9-8(10)2-1-7-3-5-11-6-4-7/h1-2,7H,3-6H2/b2-1+. The molecule has 0 unspecified atom stereocenters. The smallest absolute Gasteiger partial charge is 0.244 e. The molecule has 62 valence electrons. The summed E-state index contributed by atoms with van der Waals surface area (Å²) in [6.45, 7) is 1.59. The van der Waals surface area contributed by atoms with Gasteiger partial charge in [-0.25, -0.2) is 0 Å². The fourth-order valence-corrected chi connectivity index (χ4v) is 1.19. The van der Waals surface area contributed by atoms with Crippen LogP contribution in [0.4, 0.5) is 0 Å². The number of hydrogen-bond acceptors (Lipinski definition) is 2. The van der Waals surface area contributed by atoms with Crippen molar-refractivity contribution in [3.8, 4) is 0 Å². The van der Waals surface area contributed by atoms with E-state index in [1.807, 2.05) is 6.08 Å². The van der Waals surface area contributed by atoms with Crippen LogP contribution in [0.1, 0.15) is 12.8 Å². The van der Waals surface area contributed by atoms with E-state index in [2.05, 4.69) is 0 Å². The fraction of sp³-hybridized carbons (Fsp3) is 0.625. The second-order valence-electron chi connectivity index (χ2n) is 2.61. The van der Waals surface area contributed by atoms with Crippen LogP contribution < -0.4 is 0 Å². The topological polar surface area (TPSA) is 26.3 Å². The molecule has 11 heavy (non-hydrogen) atoms. The second-order valence-corrected chi connectivity index (χ2v) is 2.99. The summed E-state index contributed by atoms with van der Waals surface area (Å²) in [7, 11) is 0. The molecule has 0 bridgehead atoms. The fourth-order valence-electron chi connectivity index (χ4n) is 1.12. The van der Waals surface area contributed by atoms with E-state index >= 15 is 0 Å². The van der Waals surface area contributed by atoms with Crippen LogP contribution in [0.3, 0.4) is 0 Å². The molecule has 0 aromatic heterocycles. The van der Waals surface area contributed by atoms with E-state index < -0.39 is 5.24 Å². The van der Waals surface area contributed by atoms with Crippen molar-refractivity contribution in [3.05, 3.63) is 12.2 Å². The molecule has 3 heteroatoms. The van der Waals surface area contributed by atoms with Crippen LogP contribution >= 0.6 is 11.6 Å². The van der Waals surface area contributed by atoms with E-state index in [1.165, 1.54) is 6.08 Å². The quantitative estimate of drug-likeness (QED) is 0.471. The van der Waals surface area contributed by atoms with Crippen LogP contribution in [0.2, 0.25) is 0 Å². The highest BCUT2D eigenvalue weighted by Crippen LogP contribution is 2.15. The summed E-state index contributed by atoms with van der Waals surface area (Å²) in [5, 5.41) is -0.392. The summed E-state index contributed by atoms with van der Waals surface area (Å²) in [6, 6.07) is 0. The van der Waals surface area contributed by atoms with Gasteiger partial charge < -0.3 is 4.74 Å². The van der Waals surface area contributed by atoms with Gasteiger partial charge in [0.15, 0.2) is 0 Å². The maximum atomic E-state index is 10.3. The molecule has 0 spiro atoms. The van der Waals surface area contributed by atoms with E-state index in [0.29, 0.717) is 5.92 Å². The van der Waals surface area contributed by atoms with E-state index in [-0.39, 0.29) is 0 Å². The van der Waals surface area contributed by atoms with Crippen molar-refractivity contribution in [2.45, 2.75) is 12.8 Å². The lowest BCUT2D eigenvalue weighted by Crippen LogP contribution is -2.13. The van der Waals surface area contributed by atoms with Crippen LogP contribution in [-0.2, 0) is 9.53 Å². The van der Waals surface area contributed by atoms with Crippen molar-refractivity contribution in [3.63, 3.8) is 0 Å². The Morgan fingerprint density at radius 2 is 2.09 bits per heavy atom. The SMILES string of the molecule is O=C(Cl)/C=C/C1CCOCC1. The van der Waals surface area contributed by atoms with Crippen molar-refractivity contribution < 1.29 is 9.53 Å². The van der Waals surface area contributed by atoms with Gasteiger partial charge in [-0.3, -0.25) is 4.79 Å². The normalized spacial score (nSPS) is 20.8. The van der Waals surface area contributed by atoms with Gasteiger partial charge in [0.05, 0.1) is 0 Å². The molecule has 0 aromatic rings. The van der Waals surface area contributed by atoms with Crippen LogP contribution in [0.15, 0.2) is 12.2 Å². The minimum atomic E-state index is -0.392. The third kappa shape index (κ3) is 3.54. The predicted octanol–water partition coefficient (Wildman–Crippen LogP) is 1.73. The number of carbonyl (C=O) groups is 1. The summed E-state index contributed by atoms with van der Waals surface area (Å²) in [5.41, 5.74) is 0. The lowest BCUT2D eigenvalue weighted by atomic mass is 10.0. The van der Waals surface area contributed by atoms with Crippen LogP contribution in [0, 0.1) is 5.92 Å². The van der Waals surface area contributed by atoms with Crippen LogP contribution in [0.25, 0.3) is 0 Å². The first-order chi connectivity index (χ1) is 5.29. The third-order valence-electron chi connectivity index (χ3n) is 1.77. The molecule has 1 rings (SSSR count). The summed E-state index contributed by atoms with van der Waals surface area (Å²) < 4.78 is 5.15. The molecule has 0 aliphatic carbocycles. The average molecular weight is 175 g/mol. The van der Waals surface area contributed by atoms with Gasteiger partial charge >= 0.3 is 0 Å². The van der Waals surface area contributed by atoms with E-state index in [9.17, 15) is 4.79 Å². The van der Waals surface area contributed by atoms with Gasteiger partial charge in [0.2, 0.25) is 5.24 Å². The predicted molar refractivity (Wildman–Crippen MR) is 43.5 cm³/mol. The summed E-state index contributed by atoms with van der Waals surface area (Å²) in [5.74, 6) is 0.478. The lowest BCUT2D eigenvalue weighted by Gasteiger charge is -2.18. The summed E-state index contributed by atoms with van der Waals surface area (Å²) >= 11 is 5.14. The molecule has 0 radical (unpaired) electrons. The number of allylic oxidation sites excluding steroid dienone is 2. The maximum absolute atomic E-state index is 10.3. The van der Waals surface area contributed by atoms with E-state index in [0.717, 1.165) is 26.1 Å². The van der Waals surface area contributed by atoms with Crippen LogP contribution in [0.5, 0.6) is 0 Å². The Bertz CT molecular complexity index is 159. The summed E-state index contributed by atoms with van der Waals surface area (Å²) in [4.78, 5) is 10.3. The Morgan fingerprint density at radius 1 is 1.45 bits per heavy atom. The minimum absolute atomic E-state index is 0.392. The van der Waals surface area contributed by atoms with Crippen molar-refractivity contribution >= 4 is 16.8 Å². The zero-order valence-corrected chi connectivity index (χ0v) is 7.01. The lowest BCUT2D eigenvalue weighted by molar-refractivity contribution is -0.107. The Kier molecular flexibility index (Phi) is 3.60. The number of ether oxygens (including phenoxy) is 1. The number of carbonyl (C=O) groups excluding carboxylic acids is 1. The van der Waals surface area contributed by atoms with Gasteiger partial charge in [-0.05, 0) is 36.4 Å². The monoisotopic (exact) mass is 174 g/mol. The highest BCUT2D eigenvalue weighted by Gasteiger charge is 2.09. The van der Waals surface area contributed by atoms with Gasteiger partial charge in [-0.1, -0.05) is 6.08 Å². The summed E-state index contributed by atoms with van der Waals surface area (Å²) in [6.07, 6.45) is 5.30. The molecular weight excluding hydrogens is 164 g/mol. The van der Waals surface area contributed by atoms with E-state index in [1.54, 1.807) is 0 Å². The first kappa shape index (κ1) is 8.75. The highest BCUT2D eigenvalue weighted by atomic mass is 35.5. The number of hydrogen-bond donors (Lipinski definition) is 0. The molecule has 0 N–H and O–H groups in total. The molecular formula is C8H11ClO2. The first-order valence-electron chi connectivity index (χ1n) is 3.74. The zero-order valence-electron chi connectivity index (χ0n) is 6.25. The molecule has 0 amide bonds. The Morgan fingerprint density at radius 3 is 2.64 bits per heavy atom. The maximum Gasteiger partial charge on any atom is 0.244 e. The molecule has 1 saturated heterocycles. The largest absolute Gasteiger partial charge is 0.381 e.